The molecular weight excluding hydrogens is 402 g/mol. The monoisotopic (exact) mass is 423 g/mol. The van der Waals surface area contributed by atoms with Gasteiger partial charge in [-0.3, -0.25) is 9.88 Å². The molecule has 33 heavy (non-hydrogen) atoms. The van der Waals surface area contributed by atoms with Gasteiger partial charge in [-0.1, -0.05) is 72.8 Å². The van der Waals surface area contributed by atoms with Gasteiger partial charge in [0.2, 0.25) is 0 Å². The number of anilines is 3. The van der Waals surface area contributed by atoms with Gasteiger partial charge in [0.25, 0.3) is 0 Å². The summed E-state index contributed by atoms with van der Waals surface area (Å²) in [7, 11) is 0. The molecule has 156 valence electrons. The third-order valence-corrected chi connectivity index (χ3v) is 5.93. The van der Waals surface area contributed by atoms with E-state index >= 15 is 0 Å². The summed E-state index contributed by atoms with van der Waals surface area (Å²) in [5, 5.41) is 0. The van der Waals surface area contributed by atoms with Gasteiger partial charge in [-0.05, 0) is 64.7 Å². The third kappa shape index (κ3) is 3.60. The topological polar surface area (TPSA) is 29.0 Å². The van der Waals surface area contributed by atoms with Crippen LogP contribution in [-0.2, 0) is 0 Å². The highest BCUT2D eigenvalue weighted by Gasteiger charge is 2.21. The first-order valence-corrected chi connectivity index (χ1v) is 11.0. The molecule has 0 amide bonds. The first-order chi connectivity index (χ1) is 16.4. The Labute approximate surface area is 193 Å². The molecule has 0 unspecified atom stereocenters. The van der Waals surface area contributed by atoms with Crippen molar-refractivity contribution < 1.29 is 0 Å². The third-order valence-electron chi connectivity index (χ3n) is 5.93. The Hall–Kier alpha value is -4.50. The van der Waals surface area contributed by atoms with Crippen molar-refractivity contribution in [2.24, 2.45) is 0 Å². The largest absolute Gasteiger partial charge is 0.294 e. The summed E-state index contributed by atoms with van der Waals surface area (Å²) in [6.07, 6.45) is 8.04. The minimum Gasteiger partial charge on any atom is -0.294 e. The van der Waals surface area contributed by atoms with Gasteiger partial charge in [-0.15, -0.1) is 0 Å². The van der Waals surface area contributed by atoms with Gasteiger partial charge < -0.3 is 0 Å². The van der Waals surface area contributed by atoms with E-state index < -0.39 is 0 Å². The number of hydrogen-bond acceptors (Lipinski definition) is 3. The van der Waals surface area contributed by atoms with Crippen LogP contribution in [0.3, 0.4) is 0 Å². The van der Waals surface area contributed by atoms with E-state index in [0.717, 1.165) is 50.7 Å². The Morgan fingerprint density at radius 1 is 0.485 bits per heavy atom. The Morgan fingerprint density at radius 2 is 1.21 bits per heavy atom. The second kappa shape index (κ2) is 8.21. The molecule has 5 aromatic rings. The molecule has 0 N–H and O–H groups in total. The van der Waals surface area contributed by atoms with E-state index in [-0.39, 0.29) is 0 Å². The molecule has 0 fully saturated rings. The van der Waals surface area contributed by atoms with Gasteiger partial charge in [-0.2, -0.15) is 0 Å². The van der Waals surface area contributed by atoms with Crippen LogP contribution in [0.2, 0.25) is 0 Å². The van der Waals surface area contributed by atoms with Crippen LogP contribution in [0.1, 0.15) is 11.1 Å². The average Bonchev–Trinajstić information content (AvgIpc) is 3.06. The molecule has 0 bridgehead atoms. The van der Waals surface area contributed by atoms with Gasteiger partial charge in [0, 0.05) is 18.0 Å². The number of rotatable bonds is 3. The molecule has 0 saturated heterocycles. The first-order valence-electron chi connectivity index (χ1n) is 11.0. The zero-order valence-electron chi connectivity index (χ0n) is 18.0. The fourth-order valence-corrected chi connectivity index (χ4v) is 4.32. The Kier molecular flexibility index (Phi) is 4.78. The van der Waals surface area contributed by atoms with E-state index in [1.165, 1.54) is 0 Å². The second-order valence-electron chi connectivity index (χ2n) is 7.98. The zero-order valence-corrected chi connectivity index (χ0v) is 18.0. The van der Waals surface area contributed by atoms with Crippen molar-refractivity contribution in [2.75, 3.05) is 4.90 Å². The van der Waals surface area contributed by atoms with E-state index in [0.29, 0.717) is 0 Å². The molecule has 2 aromatic heterocycles. The van der Waals surface area contributed by atoms with Crippen LogP contribution >= 0.6 is 0 Å². The summed E-state index contributed by atoms with van der Waals surface area (Å²) < 4.78 is 0. The van der Waals surface area contributed by atoms with Crippen LogP contribution in [0.4, 0.5) is 17.2 Å². The van der Waals surface area contributed by atoms with Crippen molar-refractivity contribution in [3.63, 3.8) is 0 Å². The molecule has 3 aromatic carbocycles. The average molecular weight is 424 g/mol. The fourth-order valence-electron chi connectivity index (χ4n) is 4.32. The van der Waals surface area contributed by atoms with E-state index in [4.69, 9.17) is 0 Å². The molecule has 0 atom stereocenters. The molecule has 0 radical (unpaired) electrons. The van der Waals surface area contributed by atoms with Crippen LogP contribution in [0.5, 0.6) is 0 Å². The van der Waals surface area contributed by atoms with Gasteiger partial charge in [0.05, 0.1) is 17.1 Å². The van der Waals surface area contributed by atoms with E-state index in [2.05, 4.69) is 99.8 Å². The molecule has 6 rings (SSSR count). The number of nitrogens with zero attached hydrogens (tertiary/aromatic N) is 3. The highest BCUT2D eigenvalue weighted by atomic mass is 15.2. The van der Waals surface area contributed by atoms with E-state index in [9.17, 15) is 0 Å². The van der Waals surface area contributed by atoms with Crippen LogP contribution in [0.25, 0.3) is 34.5 Å². The molecular formula is C30H21N3. The molecule has 0 saturated carbocycles. The number of hydrogen-bond donors (Lipinski definition) is 0. The van der Waals surface area contributed by atoms with E-state index in [1.54, 1.807) is 0 Å². The minimum absolute atomic E-state index is 0.897. The molecule has 3 nitrogen and oxygen atoms in total. The molecule has 1 aliphatic heterocycles. The SMILES string of the molecule is C1=Cc2ccc(-c3cccc(-c4ccccn4)c3)cc2N(c2ccccn2)c2ccccc21. The summed E-state index contributed by atoms with van der Waals surface area (Å²) in [5.41, 5.74) is 8.93. The lowest BCUT2D eigenvalue weighted by Crippen LogP contribution is -2.13. The lowest BCUT2D eigenvalue weighted by Gasteiger charge is -2.26. The van der Waals surface area contributed by atoms with Gasteiger partial charge >= 0.3 is 0 Å². The molecule has 3 heterocycles. The summed E-state index contributed by atoms with van der Waals surface area (Å²) in [5.74, 6) is 0.897. The lowest BCUT2D eigenvalue weighted by atomic mass is 9.99. The lowest BCUT2D eigenvalue weighted by molar-refractivity contribution is 1.18. The van der Waals surface area contributed by atoms with Crippen LogP contribution in [-0.4, -0.2) is 9.97 Å². The van der Waals surface area contributed by atoms with Crippen molar-refractivity contribution in [2.45, 2.75) is 0 Å². The number of benzene rings is 3. The standard InChI is InChI=1S/C30H21N3/c1-2-12-28-22(8-1)14-15-23-16-17-25(21-29(23)33(28)30-13-4-6-19-32-30)24-9-7-10-26(20-24)27-11-3-5-18-31-27/h1-21H. The minimum atomic E-state index is 0.897. The van der Waals surface area contributed by atoms with Crippen molar-refractivity contribution in [1.29, 1.82) is 0 Å². The van der Waals surface area contributed by atoms with Gasteiger partial charge in [0.1, 0.15) is 5.82 Å². The highest BCUT2D eigenvalue weighted by molar-refractivity contribution is 5.94. The van der Waals surface area contributed by atoms with Crippen molar-refractivity contribution in [1.82, 2.24) is 9.97 Å². The maximum atomic E-state index is 4.69. The molecule has 3 heteroatoms. The van der Waals surface area contributed by atoms with Crippen LogP contribution in [0.15, 0.2) is 116 Å². The predicted molar refractivity (Wildman–Crippen MR) is 137 cm³/mol. The first kappa shape index (κ1) is 19.2. The maximum Gasteiger partial charge on any atom is 0.137 e. The smallest absolute Gasteiger partial charge is 0.137 e. The summed E-state index contributed by atoms with van der Waals surface area (Å²) >= 11 is 0. The van der Waals surface area contributed by atoms with Crippen molar-refractivity contribution in [3.05, 3.63) is 127 Å². The number of aromatic nitrogens is 2. The highest BCUT2D eigenvalue weighted by Crippen LogP contribution is 2.42. The van der Waals surface area contributed by atoms with Crippen molar-refractivity contribution >= 4 is 29.3 Å². The van der Waals surface area contributed by atoms with E-state index in [1.807, 2.05) is 42.7 Å². The zero-order chi connectivity index (χ0) is 22.0. The molecule has 0 spiro atoms. The quantitative estimate of drug-likeness (QED) is 0.291. The fraction of sp³-hybridized carbons (Fsp3) is 0. The normalized spacial score (nSPS) is 12.1. The molecule has 0 aliphatic carbocycles. The van der Waals surface area contributed by atoms with Crippen LogP contribution < -0.4 is 4.90 Å². The Bertz CT molecular complexity index is 1460. The van der Waals surface area contributed by atoms with Gasteiger partial charge in [-0.25, -0.2) is 4.98 Å². The van der Waals surface area contributed by atoms with Crippen LogP contribution in [0, 0.1) is 0 Å². The van der Waals surface area contributed by atoms with Gasteiger partial charge in [0.15, 0.2) is 0 Å². The Morgan fingerprint density at radius 3 is 2.03 bits per heavy atom. The predicted octanol–water partition coefficient (Wildman–Crippen LogP) is 7.76. The number of fused-ring (bicyclic) bond motifs is 2. The number of pyridine rings is 2. The summed E-state index contributed by atoms with van der Waals surface area (Å²) in [4.78, 5) is 11.5. The summed E-state index contributed by atoms with van der Waals surface area (Å²) in [6.45, 7) is 0. The Balaban J connectivity index is 1.52. The number of para-hydroxylation sites is 1. The second-order valence-corrected chi connectivity index (χ2v) is 7.98. The summed E-state index contributed by atoms with van der Waals surface area (Å²) in [6, 6.07) is 35.7. The van der Waals surface area contributed by atoms with Crippen molar-refractivity contribution in [3.8, 4) is 22.4 Å². The maximum absolute atomic E-state index is 4.69. The molecule has 1 aliphatic rings.